The number of hydrogen-bond acceptors (Lipinski definition) is 4. The molecule has 0 aromatic carbocycles. The van der Waals surface area contributed by atoms with Crippen molar-refractivity contribution in [2.75, 3.05) is 19.8 Å². The van der Waals surface area contributed by atoms with Crippen LogP contribution in [0.4, 0.5) is 0 Å². The summed E-state index contributed by atoms with van der Waals surface area (Å²) in [6.07, 6.45) is 0.320. The van der Waals surface area contributed by atoms with E-state index in [0.29, 0.717) is 25.5 Å². The molecule has 2 N–H and O–H groups in total. The van der Waals surface area contributed by atoms with Gasteiger partial charge in [0.25, 0.3) is 0 Å². The number of carbonyl (C=O) groups is 1. The molecular formula is C9H18N2O3. The van der Waals surface area contributed by atoms with Crippen LogP contribution in [0.25, 0.3) is 0 Å². The second kappa shape index (κ2) is 8.37. The zero-order chi connectivity index (χ0) is 10.8. The van der Waals surface area contributed by atoms with Crippen molar-refractivity contribution in [3.8, 4) is 0 Å². The van der Waals surface area contributed by atoms with Crippen molar-refractivity contribution in [2.45, 2.75) is 20.3 Å². The van der Waals surface area contributed by atoms with Crippen molar-refractivity contribution in [1.82, 2.24) is 10.8 Å². The van der Waals surface area contributed by atoms with Crippen LogP contribution in [0.1, 0.15) is 20.3 Å². The Hall–Kier alpha value is -1.23. The Balaban J connectivity index is 3.28. The number of ether oxygens (including phenoxy) is 1. The highest BCUT2D eigenvalue weighted by Gasteiger charge is 1.99. The van der Waals surface area contributed by atoms with Crippen LogP contribution in [0.15, 0.2) is 12.5 Å². The molecule has 0 saturated heterocycles. The molecule has 0 radical (unpaired) electrons. The second-order valence-corrected chi connectivity index (χ2v) is 2.51. The summed E-state index contributed by atoms with van der Waals surface area (Å²) >= 11 is 0. The fourth-order valence-corrected chi connectivity index (χ4v) is 0.765. The number of carbonyl (C=O) groups excluding carboxylic acids is 1. The zero-order valence-corrected chi connectivity index (χ0v) is 8.76. The summed E-state index contributed by atoms with van der Waals surface area (Å²) in [6.45, 7) is 8.72. The Morgan fingerprint density at radius 3 is 2.71 bits per heavy atom. The molecule has 0 bridgehead atoms. The van der Waals surface area contributed by atoms with Crippen LogP contribution in [0, 0.1) is 0 Å². The van der Waals surface area contributed by atoms with E-state index < -0.39 is 0 Å². The number of hydroxylamine groups is 1. The van der Waals surface area contributed by atoms with Gasteiger partial charge in [-0.3, -0.25) is 9.63 Å². The lowest BCUT2D eigenvalue weighted by Gasteiger charge is -2.09. The molecule has 82 valence electrons. The van der Waals surface area contributed by atoms with Gasteiger partial charge in [0.1, 0.15) is 0 Å². The summed E-state index contributed by atoms with van der Waals surface area (Å²) in [5, 5.41) is 2.66. The number of hydrogen-bond donors (Lipinski definition) is 2. The molecule has 0 aliphatic carbocycles. The first-order chi connectivity index (χ1) is 6.70. The predicted molar refractivity (Wildman–Crippen MR) is 53.2 cm³/mol. The highest BCUT2D eigenvalue weighted by Crippen LogP contribution is 1.88. The van der Waals surface area contributed by atoms with Crippen LogP contribution in [-0.2, 0) is 14.4 Å². The van der Waals surface area contributed by atoms with Crippen molar-refractivity contribution >= 4 is 5.91 Å². The maximum absolute atomic E-state index is 10.9. The highest BCUT2D eigenvalue weighted by atomic mass is 16.7. The van der Waals surface area contributed by atoms with Crippen molar-refractivity contribution in [3.63, 3.8) is 0 Å². The standard InChI is InChI=1S/C9H18N2O3/c1-4-10-9(12)6-7-14-11-8(3)13-5-2/h11H,3-7H2,1-2H3,(H,10,12). The smallest absolute Gasteiger partial charge is 0.222 e. The van der Waals surface area contributed by atoms with Gasteiger partial charge in [-0.15, -0.1) is 0 Å². The van der Waals surface area contributed by atoms with E-state index in [9.17, 15) is 4.79 Å². The monoisotopic (exact) mass is 202 g/mol. The summed E-state index contributed by atoms with van der Waals surface area (Å²) in [5.74, 6) is 0.319. The lowest BCUT2D eigenvalue weighted by Crippen LogP contribution is -2.25. The molecule has 0 rings (SSSR count). The normalized spacial score (nSPS) is 9.29. The van der Waals surface area contributed by atoms with Gasteiger partial charge in [0.15, 0.2) is 0 Å². The zero-order valence-electron chi connectivity index (χ0n) is 8.76. The first-order valence-electron chi connectivity index (χ1n) is 4.66. The fraction of sp³-hybridized carbons (Fsp3) is 0.667. The molecule has 0 aliphatic rings. The summed E-state index contributed by atoms with van der Waals surface area (Å²) in [5.41, 5.74) is 2.48. The van der Waals surface area contributed by atoms with E-state index in [1.54, 1.807) is 0 Å². The largest absolute Gasteiger partial charge is 0.478 e. The molecule has 0 fully saturated rings. The Kier molecular flexibility index (Phi) is 7.64. The van der Waals surface area contributed by atoms with E-state index >= 15 is 0 Å². The van der Waals surface area contributed by atoms with Gasteiger partial charge < -0.3 is 10.1 Å². The van der Waals surface area contributed by atoms with E-state index in [4.69, 9.17) is 9.57 Å². The minimum atomic E-state index is -0.0312. The molecule has 1 amide bonds. The lowest BCUT2D eigenvalue weighted by molar-refractivity contribution is -0.122. The van der Waals surface area contributed by atoms with Crippen molar-refractivity contribution in [3.05, 3.63) is 12.5 Å². The second-order valence-electron chi connectivity index (χ2n) is 2.51. The molecule has 0 saturated carbocycles. The molecule has 0 unspecified atom stereocenters. The summed E-state index contributed by atoms with van der Waals surface area (Å²) < 4.78 is 4.97. The quantitative estimate of drug-likeness (QED) is 0.342. The van der Waals surface area contributed by atoms with Gasteiger partial charge >= 0.3 is 0 Å². The van der Waals surface area contributed by atoms with Gasteiger partial charge in [-0.05, 0) is 20.4 Å². The topological polar surface area (TPSA) is 59.6 Å². The van der Waals surface area contributed by atoms with Gasteiger partial charge in [-0.25, -0.2) is 5.48 Å². The molecule has 0 aliphatic heterocycles. The molecule has 0 spiro atoms. The van der Waals surface area contributed by atoms with Crippen LogP contribution >= 0.6 is 0 Å². The van der Waals surface area contributed by atoms with Gasteiger partial charge in [0.2, 0.25) is 11.8 Å². The van der Waals surface area contributed by atoms with Crippen LogP contribution in [-0.4, -0.2) is 25.7 Å². The molecule has 0 aromatic rings. The first-order valence-corrected chi connectivity index (χ1v) is 4.66. The SMILES string of the molecule is C=C(NOCCC(=O)NCC)OCC. The maximum atomic E-state index is 10.9. The van der Waals surface area contributed by atoms with Gasteiger partial charge in [0, 0.05) is 6.54 Å². The third kappa shape index (κ3) is 7.42. The third-order valence-electron chi connectivity index (χ3n) is 1.31. The van der Waals surface area contributed by atoms with E-state index in [2.05, 4.69) is 17.4 Å². The van der Waals surface area contributed by atoms with Crippen LogP contribution in [0.3, 0.4) is 0 Å². The van der Waals surface area contributed by atoms with E-state index in [0.717, 1.165) is 0 Å². The maximum Gasteiger partial charge on any atom is 0.222 e. The van der Waals surface area contributed by atoms with Crippen LogP contribution < -0.4 is 10.8 Å². The Labute approximate surface area is 84.4 Å². The number of amides is 1. The van der Waals surface area contributed by atoms with Crippen molar-refractivity contribution in [1.29, 1.82) is 0 Å². The highest BCUT2D eigenvalue weighted by molar-refractivity contribution is 5.75. The van der Waals surface area contributed by atoms with Gasteiger partial charge in [-0.1, -0.05) is 0 Å². The Morgan fingerprint density at radius 2 is 2.14 bits per heavy atom. The minimum Gasteiger partial charge on any atom is -0.478 e. The first kappa shape index (κ1) is 12.8. The number of rotatable bonds is 8. The molecular weight excluding hydrogens is 184 g/mol. The van der Waals surface area contributed by atoms with E-state index in [1.807, 2.05) is 13.8 Å². The molecule has 0 heterocycles. The van der Waals surface area contributed by atoms with Crippen LogP contribution in [0.2, 0.25) is 0 Å². The predicted octanol–water partition coefficient (Wildman–Crippen LogP) is 0.541. The van der Waals surface area contributed by atoms with Crippen LogP contribution in [0.5, 0.6) is 0 Å². The molecule has 0 atom stereocenters. The minimum absolute atomic E-state index is 0.0312. The number of nitrogens with one attached hydrogen (secondary N) is 2. The van der Waals surface area contributed by atoms with E-state index in [-0.39, 0.29) is 12.5 Å². The fourth-order valence-electron chi connectivity index (χ4n) is 0.765. The molecule has 5 nitrogen and oxygen atoms in total. The molecule has 0 aromatic heterocycles. The van der Waals surface area contributed by atoms with Gasteiger partial charge in [0.05, 0.1) is 19.6 Å². The van der Waals surface area contributed by atoms with Gasteiger partial charge in [-0.2, -0.15) is 0 Å². The van der Waals surface area contributed by atoms with E-state index in [1.165, 1.54) is 0 Å². The summed E-state index contributed by atoms with van der Waals surface area (Å²) in [6, 6.07) is 0. The van der Waals surface area contributed by atoms with Crippen molar-refractivity contribution in [2.24, 2.45) is 0 Å². The average molecular weight is 202 g/mol. The molecule has 5 heteroatoms. The third-order valence-corrected chi connectivity index (χ3v) is 1.31. The average Bonchev–Trinajstić information content (AvgIpc) is 2.13. The van der Waals surface area contributed by atoms with Crippen molar-refractivity contribution < 1.29 is 14.4 Å². The lowest BCUT2D eigenvalue weighted by atomic mass is 10.4. The summed E-state index contributed by atoms with van der Waals surface area (Å²) in [7, 11) is 0. The summed E-state index contributed by atoms with van der Waals surface area (Å²) in [4.78, 5) is 15.9. The Bertz CT molecular complexity index is 163. The Morgan fingerprint density at radius 1 is 1.43 bits per heavy atom. The molecule has 14 heavy (non-hydrogen) atoms.